The normalized spacial score (nSPS) is 16.1. The van der Waals surface area contributed by atoms with Gasteiger partial charge >= 0.3 is 0 Å². The molecule has 1 aromatic heterocycles. The van der Waals surface area contributed by atoms with Gasteiger partial charge in [0.25, 0.3) is 0 Å². The SMILES string of the molecule is CN=C(NCc1cc(Br)ccc1OC)NC1CCc2nc(COC)nn2C1.I. The average molecular weight is 565 g/mol. The summed E-state index contributed by atoms with van der Waals surface area (Å²) in [6.07, 6.45) is 1.86. The van der Waals surface area contributed by atoms with E-state index < -0.39 is 0 Å². The lowest BCUT2D eigenvalue weighted by Crippen LogP contribution is -2.46. The molecule has 154 valence electrons. The Bertz CT molecular complexity index is 813. The zero-order chi connectivity index (χ0) is 19.2. The Balaban J connectivity index is 0.00000280. The number of rotatable bonds is 6. The second kappa shape index (κ2) is 11.0. The molecule has 2 aromatic rings. The van der Waals surface area contributed by atoms with E-state index in [1.807, 2.05) is 22.9 Å². The molecule has 1 aliphatic heterocycles. The van der Waals surface area contributed by atoms with Crippen LogP contribution >= 0.6 is 39.9 Å². The first-order valence-electron chi connectivity index (χ1n) is 8.84. The van der Waals surface area contributed by atoms with Gasteiger partial charge in [-0.15, -0.1) is 24.0 Å². The van der Waals surface area contributed by atoms with Crippen LogP contribution in [0.2, 0.25) is 0 Å². The highest BCUT2D eigenvalue weighted by atomic mass is 127. The molecule has 1 atom stereocenters. The smallest absolute Gasteiger partial charge is 0.191 e. The third-order valence-electron chi connectivity index (χ3n) is 4.43. The van der Waals surface area contributed by atoms with Crippen molar-refractivity contribution in [2.75, 3.05) is 21.3 Å². The Hall–Kier alpha value is -1.40. The molecule has 0 spiro atoms. The third-order valence-corrected chi connectivity index (χ3v) is 4.92. The van der Waals surface area contributed by atoms with Gasteiger partial charge in [0.15, 0.2) is 11.8 Å². The Kier molecular flexibility index (Phi) is 8.96. The molecule has 0 saturated heterocycles. The monoisotopic (exact) mass is 564 g/mol. The number of nitrogens with zero attached hydrogens (tertiary/aromatic N) is 4. The van der Waals surface area contributed by atoms with Crippen molar-refractivity contribution in [2.24, 2.45) is 4.99 Å². The van der Waals surface area contributed by atoms with Crippen molar-refractivity contribution in [2.45, 2.75) is 38.6 Å². The number of aryl methyl sites for hydroxylation is 1. The number of aliphatic imine (C=N–C) groups is 1. The van der Waals surface area contributed by atoms with Crippen LogP contribution in [0.5, 0.6) is 5.75 Å². The summed E-state index contributed by atoms with van der Waals surface area (Å²) in [7, 11) is 5.10. The summed E-state index contributed by atoms with van der Waals surface area (Å²) >= 11 is 3.50. The number of hydrogen-bond acceptors (Lipinski definition) is 5. The zero-order valence-corrected chi connectivity index (χ0v) is 20.2. The average Bonchev–Trinajstić information content (AvgIpc) is 3.07. The molecule has 2 heterocycles. The number of halogens is 2. The highest BCUT2D eigenvalue weighted by Crippen LogP contribution is 2.22. The molecule has 0 fully saturated rings. The van der Waals surface area contributed by atoms with Gasteiger partial charge in [0.1, 0.15) is 18.2 Å². The molecule has 1 unspecified atom stereocenters. The summed E-state index contributed by atoms with van der Waals surface area (Å²) < 4.78 is 13.5. The maximum atomic E-state index is 5.43. The Morgan fingerprint density at radius 1 is 1.39 bits per heavy atom. The quantitative estimate of drug-likeness (QED) is 0.318. The summed E-state index contributed by atoms with van der Waals surface area (Å²) in [4.78, 5) is 8.85. The van der Waals surface area contributed by atoms with Crippen molar-refractivity contribution in [1.82, 2.24) is 25.4 Å². The number of benzene rings is 1. The molecular weight excluding hydrogens is 539 g/mol. The maximum absolute atomic E-state index is 5.43. The maximum Gasteiger partial charge on any atom is 0.191 e. The van der Waals surface area contributed by atoms with Gasteiger partial charge < -0.3 is 20.1 Å². The minimum atomic E-state index is 0. The molecule has 0 saturated carbocycles. The van der Waals surface area contributed by atoms with Crippen molar-refractivity contribution in [3.05, 3.63) is 39.9 Å². The predicted molar refractivity (Wildman–Crippen MR) is 122 cm³/mol. The first-order chi connectivity index (χ1) is 13.1. The van der Waals surface area contributed by atoms with Gasteiger partial charge in [0.2, 0.25) is 0 Å². The van der Waals surface area contributed by atoms with E-state index in [0.29, 0.717) is 13.2 Å². The summed E-state index contributed by atoms with van der Waals surface area (Å²) in [5.41, 5.74) is 1.06. The van der Waals surface area contributed by atoms with E-state index in [9.17, 15) is 0 Å². The number of methoxy groups -OCH3 is 2. The third kappa shape index (κ3) is 5.80. The number of aromatic nitrogens is 3. The fourth-order valence-corrected chi connectivity index (χ4v) is 3.53. The van der Waals surface area contributed by atoms with E-state index in [2.05, 4.69) is 41.6 Å². The standard InChI is InChI=1S/C18H25BrN6O2.HI/c1-20-18(21-9-12-8-13(19)4-6-15(12)27-3)22-14-5-7-17-23-16(11-26-2)24-25(17)10-14;/h4,6,8,14H,5,7,9-11H2,1-3H3,(H2,20,21,22);1H. The topological polar surface area (TPSA) is 85.6 Å². The van der Waals surface area contributed by atoms with E-state index in [0.717, 1.165) is 52.8 Å². The van der Waals surface area contributed by atoms with Crippen LogP contribution in [0.4, 0.5) is 0 Å². The lowest BCUT2D eigenvalue weighted by atomic mass is 10.1. The Labute approximate surface area is 190 Å². The van der Waals surface area contributed by atoms with Crippen LogP contribution in [0.25, 0.3) is 0 Å². The molecule has 8 nitrogen and oxygen atoms in total. The van der Waals surface area contributed by atoms with Gasteiger partial charge in [-0.2, -0.15) is 5.10 Å². The summed E-state index contributed by atoms with van der Waals surface area (Å²) in [5.74, 6) is 3.35. The second-order valence-corrected chi connectivity index (χ2v) is 7.24. The van der Waals surface area contributed by atoms with E-state index in [1.54, 1.807) is 21.3 Å². The van der Waals surface area contributed by atoms with Crippen LogP contribution in [0.15, 0.2) is 27.7 Å². The summed E-state index contributed by atoms with van der Waals surface area (Å²) in [6.45, 7) is 1.81. The zero-order valence-electron chi connectivity index (χ0n) is 16.2. The number of fused-ring (bicyclic) bond motifs is 1. The molecule has 1 aromatic carbocycles. The van der Waals surface area contributed by atoms with Gasteiger partial charge in [-0.1, -0.05) is 15.9 Å². The van der Waals surface area contributed by atoms with Gasteiger partial charge in [-0.05, 0) is 24.6 Å². The molecule has 0 aliphatic carbocycles. The summed E-state index contributed by atoms with van der Waals surface area (Å²) in [6, 6.07) is 6.19. The van der Waals surface area contributed by atoms with Crippen molar-refractivity contribution < 1.29 is 9.47 Å². The van der Waals surface area contributed by atoms with Crippen molar-refractivity contribution in [1.29, 1.82) is 0 Å². The second-order valence-electron chi connectivity index (χ2n) is 6.32. The molecule has 0 amide bonds. The van der Waals surface area contributed by atoms with Crippen LogP contribution in [-0.4, -0.2) is 48.0 Å². The molecule has 0 radical (unpaired) electrons. The first-order valence-corrected chi connectivity index (χ1v) is 9.63. The lowest BCUT2D eigenvalue weighted by Gasteiger charge is -2.25. The van der Waals surface area contributed by atoms with Crippen molar-refractivity contribution >= 4 is 45.9 Å². The van der Waals surface area contributed by atoms with Crippen LogP contribution in [-0.2, 0) is 30.9 Å². The predicted octanol–water partition coefficient (Wildman–Crippen LogP) is 2.49. The number of guanidine groups is 1. The fraction of sp³-hybridized carbons (Fsp3) is 0.500. The highest BCUT2D eigenvalue weighted by molar-refractivity contribution is 14.0. The van der Waals surface area contributed by atoms with Gasteiger partial charge in [-0.25, -0.2) is 9.67 Å². The number of ether oxygens (including phenoxy) is 2. The molecule has 28 heavy (non-hydrogen) atoms. The minimum Gasteiger partial charge on any atom is -0.496 e. The fourth-order valence-electron chi connectivity index (χ4n) is 3.12. The molecule has 10 heteroatoms. The van der Waals surface area contributed by atoms with E-state index in [4.69, 9.17) is 9.47 Å². The highest BCUT2D eigenvalue weighted by Gasteiger charge is 2.22. The first kappa shape index (κ1) is 22.9. The lowest BCUT2D eigenvalue weighted by molar-refractivity contribution is 0.177. The largest absolute Gasteiger partial charge is 0.496 e. The Morgan fingerprint density at radius 2 is 2.21 bits per heavy atom. The van der Waals surface area contributed by atoms with Crippen molar-refractivity contribution in [3.8, 4) is 5.75 Å². The number of hydrogen-bond donors (Lipinski definition) is 2. The molecule has 3 rings (SSSR count). The van der Waals surface area contributed by atoms with E-state index in [1.165, 1.54) is 0 Å². The van der Waals surface area contributed by atoms with Gasteiger partial charge in [0.05, 0.1) is 13.7 Å². The molecule has 0 bridgehead atoms. The van der Waals surface area contributed by atoms with Gasteiger partial charge in [-0.3, -0.25) is 4.99 Å². The van der Waals surface area contributed by atoms with Crippen molar-refractivity contribution in [3.63, 3.8) is 0 Å². The van der Waals surface area contributed by atoms with Gasteiger partial charge in [0, 0.05) is 43.2 Å². The van der Waals surface area contributed by atoms with Crippen LogP contribution in [0.3, 0.4) is 0 Å². The van der Waals surface area contributed by atoms with E-state index in [-0.39, 0.29) is 30.0 Å². The molecule has 1 aliphatic rings. The molecule has 2 N–H and O–H groups in total. The van der Waals surface area contributed by atoms with Crippen LogP contribution in [0.1, 0.15) is 23.6 Å². The number of nitrogens with one attached hydrogen (secondary N) is 2. The van der Waals surface area contributed by atoms with E-state index >= 15 is 0 Å². The van der Waals surface area contributed by atoms with Crippen LogP contribution < -0.4 is 15.4 Å². The Morgan fingerprint density at radius 3 is 2.93 bits per heavy atom. The minimum absolute atomic E-state index is 0. The van der Waals surface area contributed by atoms with Crippen LogP contribution in [0, 0.1) is 0 Å². The molecular formula is C18H26BrIN6O2. The summed E-state index contributed by atoms with van der Waals surface area (Å²) in [5, 5.41) is 11.3.